The molecule has 0 aliphatic carbocycles. The van der Waals surface area contributed by atoms with E-state index >= 15 is 0 Å². The predicted molar refractivity (Wildman–Crippen MR) is 18.2 cm³/mol. The Labute approximate surface area is 51.0 Å². The van der Waals surface area contributed by atoms with Crippen molar-refractivity contribution < 1.29 is 30.3 Å². The molecule has 4 heteroatoms. The van der Waals surface area contributed by atoms with Crippen molar-refractivity contribution >= 4 is 13.8 Å². The minimum absolute atomic E-state index is 0. The van der Waals surface area contributed by atoms with Crippen LogP contribution in [0.25, 0.3) is 0 Å². The fourth-order valence-electron chi connectivity index (χ4n) is 0. The molecular formula is C2H3BO2Re. The van der Waals surface area contributed by atoms with Gasteiger partial charge in [0, 0.05) is 26.7 Å². The van der Waals surface area contributed by atoms with E-state index in [1.165, 1.54) is 0 Å². The van der Waals surface area contributed by atoms with Crippen molar-refractivity contribution in [3.8, 4) is 0 Å². The van der Waals surface area contributed by atoms with Crippen molar-refractivity contribution in [3.63, 3.8) is 0 Å². The van der Waals surface area contributed by atoms with Crippen LogP contribution in [0.4, 0.5) is 0 Å². The summed E-state index contributed by atoms with van der Waals surface area (Å²) < 4.78 is 0. The van der Waals surface area contributed by atoms with Crippen LogP contribution in [0.2, 0.25) is 6.32 Å². The standard InChI is InChI=1S/C2H3BO2.Re/c3-1-2(4)5;/h1H2,(H,4,5);. The summed E-state index contributed by atoms with van der Waals surface area (Å²) in [5, 5.41) is 7.60. The Morgan fingerprint density at radius 2 is 2.00 bits per heavy atom. The molecule has 0 saturated carbocycles. The van der Waals surface area contributed by atoms with E-state index in [0.717, 1.165) is 0 Å². The van der Waals surface area contributed by atoms with Crippen LogP contribution in [0.3, 0.4) is 0 Å². The van der Waals surface area contributed by atoms with Crippen LogP contribution in [0, 0.1) is 0 Å². The van der Waals surface area contributed by atoms with Gasteiger partial charge < -0.3 is 5.11 Å². The average molecular weight is 256 g/mol. The number of rotatable bonds is 1. The summed E-state index contributed by atoms with van der Waals surface area (Å²) in [5.74, 6) is -0.968. The predicted octanol–water partition coefficient (Wildman–Crippen LogP) is -0.345. The number of hydrogen-bond donors (Lipinski definition) is 1. The van der Waals surface area contributed by atoms with Gasteiger partial charge in [-0.15, -0.1) is 0 Å². The first-order valence-corrected chi connectivity index (χ1v) is 1.19. The molecule has 3 radical (unpaired) electrons. The zero-order valence-electron chi connectivity index (χ0n) is 3.02. The molecule has 0 amide bonds. The number of hydrogen-bond acceptors (Lipinski definition) is 1. The first-order valence-electron chi connectivity index (χ1n) is 1.19. The molecule has 1 N–H and O–H groups in total. The summed E-state index contributed by atoms with van der Waals surface area (Å²) in [6, 6.07) is 0. The van der Waals surface area contributed by atoms with Gasteiger partial charge in [0.05, 0.1) is 7.85 Å². The topological polar surface area (TPSA) is 37.3 Å². The summed E-state index contributed by atoms with van der Waals surface area (Å²) in [6.07, 6.45) is -0.278. The minimum atomic E-state index is -0.968. The van der Waals surface area contributed by atoms with Crippen LogP contribution in [0.1, 0.15) is 0 Å². The maximum absolute atomic E-state index is 9.24. The van der Waals surface area contributed by atoms with Gasteiger partial charge in [0.1, 0.15) is 0 Å². The summed E-state index contributed by atoms with van der Waals surface area (Å²) >= 11 is 0. The number of aliphatic carboxylic acids is 1. The van der Waals surface area contributed by atoms with Crippen LogP contribution in [-0.2, 0) is 25.2 Å². The van der Waals surface area contributed by atoms with Gasteiger partial charge in [-0.2, -0.15) is 0 Å². The van der Waals surface area contributed by atoms with Crippen molar-refractivity contribution in [1.29, 1.82) is 0 Å². The molecule has 0 saturated heterocycles. The van der Waals surface area contributed by atoms with E-state index in [4.69, 9.17) is 5.11 Å². The van der Waals surface area contributed by atoms with Crippen LogP contribution in [0.15, 0.2) is 0 Å². The summed E-state index contributed by atoms with van der Waals surface area (Å²) in [6.45, 7) is 0. The molecule has 0 unspecified atom stereocenters. The molecular weight excluding hydrogens is 253 g/mol. The fraction of sp³-hybridized carbons (Fsp3) is 0.500. The smallest absolute Gasteiger partial charge is 0.294 e. The molecule has 0 fully saturated rings. The number of carboxylic acids is 1. The number of carbonyl (C=O) groups is 1. The Hall–Kier alpha value is 0.197. The molecule has 33 valence electrons. The second-order valence-corrected chi connectivity index (χ2v) is 0.598. The van der Waals surface area contributed by atoms with Crippen LogP contribution in [-0.4, -0.2) is 18.9 Å². The molecule has 0 spiro atoms. The van der Waals surface area contributed by atoms with Crippen LogP contribution in [0.5, 0.6) is 0 Å². The van der Waals surface area contributed by atoms with E-state index in [2.05, 4.69) is 7.85 Å². The Kier molecular flexibility index (Phi) is 8.23. The molecule has 0 heterocycles. The summed E-state index contributed by atoms with van der Waals surface area (Å²) in [7, 11) is 4.57. The first-order chi connectivity index (χ1) is 2.27. The maximum Gasteiger partial charge on any atom is 0.294 e. The normalized spacial score (nSPS) is 6.00. The zero-order chi connectivity index (χ0) is 4.28. The maximum atomic E-state index is 9.24. The van der Waals surface area contributed by atoms with Gasteiger partial charge in [-0.1, -0.05) is 0 Å². The van der Waals surface area contributed by atoms with Crippen molar-refractivity contribution in [3.05, 3.63) is 0 Å². The minimum Gasteiger partial charge on any atom is -0.482 e. The van der Waals surface area contributed by atoms with Crippen molar-refractivity contribution in [2.45, 2.75) is 6.32 Å². The zero-order valence-corrected chi connectivity index (χ0v) is 5.73. The third-order valence-corrected chi connectivity index (χ3v) is 0.175. The molecule has 0 aromatic heterocycles. The van der Waals surface area contributed by atoms with E-state index in [9.17, 15) is 4.79 Å². The second-order valence-electron chi connectivity index (χ2n) is 0.598. The third-order valence-electron chi connectivity index (χ3n) is 0.175. The van der Waals surface area contributed by atoms with E-state index in [1.807, 2.05) is 0 Å². The molecule has 6 heavy (non-hydrogen) atoms. The van der Waals surface area contributed by atoms with Crippen molar-refractivity contribution in [2.24, 2.45) is 0 Å². The average Bonchev–Trinajstić information content (AvgIpc) is 1.38. The van der Waals surface area contributed by atoms with E-state index in [1.54, 1.807) is 0 Å². The second kappa shape index (κ2) is 5.20. The number of carboxylic acid groups (broad SMARTS) is 1. The van der Waals surface area contributed by atoms with Crippen molar-refractivity contribution in [1.82, 2.24) is 0 Å². The van der Waals surface area contributed by atoms with Crippen LogP contribution >= 0.6 is 0 Å². The quantitative estimate of drug-likeness (QED) is 0.651. The summed E-state index contributed by atoms with van der Waals surface area (Å²) in [4.78, 5) is 9.24. The van der Waals surface area contributed by atoms with Gasteiger partial charge in [0.25, 0.3) is 5.97 Å². The van der Waals surface area contributed by atoms with Gasteiger partial charge >= 0.3 is 0 Å². The van der Waals surface area contributed by atoms with Gasteiger partial charge in [-0.25, -0.2) is 0 Å². The van der Waals surface area contributed by atoms with Gasteiger partial charge in [0.15, 0.2) is 0 Å². The monoisotopic (exact) mass is 257 g/mol. The Morgan fingerprint density at radius 1 is 1.83 bits per heavy atom. The molecule has 0 aliphatic rings. The molecule has 0 aromatic carbocycles. The molecule has 0 bridgehead atoms. The van der Waals surface area contributed by atoms with E-state index in [0.29, 0.717) is 0 Å². The van der Waals surface area contributed by atoms with Gasteiger partial charge in [-0.05, 0) is 0 Å². The van der Waals surface area contributed by atoms with Gasteiger partial charge in [0.2, 0.25) is 0 Å². The molecule has 0 atom stereocenters. The van der Waals surface area contributed by atoms with Crippen LogP contribution < -0.4 is 0 Å². The fourth-order valence-corrected chi connectivity index (χ4v) is 0. The third kappa shape index (κ3) is 8.89. The molecule has 0 aliphatic heterocycles. The van der Waals surface area contributed by atoms with Crippen molar-refractivity contribution in [2.75, 3.05) is 0 Å². The summed E-state index contributed by atoms with van der Waals surface area (Å²) in [5.41, 5.74) is 0. The molecule has 0 aromatic rings. The van der Waals surface area contributed by atoms with E-state index in [-0.39, 0.29) is 26.7 Å². The molecule has 2 nitrogen and oxygen atoms in total. The van der Waals surface area contributed by atoms with Gasteiger partial charge in [-0.3, -0.25) is 4.79 Å². The SMILES string of the molecule is [B]CC(=O)O.[Re]. The van der Waals surface area contributed by atoms with E-state index < -0.39 is 5.97 Å². The first kappa shape index (κ1) is 9.50. The largest absolute Gasteiger partial charge is 0.482 e. The Bertz CT molecular complexity index is 46.8. The Morgan fingerprint density at radius 3 is 2.00 bits per heavy atom. The Balaban J connectivity index is 0. The molecule has 0 rings (SSSR count).